The Kier molecular flexibility index (Phi) is 6.88. The van der Waals surface area contributed by atoms with Gasteiger partial charge in [-0.25, -0.2) is 4.98 Å². The Labute approximate surface area is 221 Å². The van der Waals surface area contributed by atoms with E-state index in [0.717, 1.165) is 46.4 Å². The highest BCUT2D eigenvalue weighted by atomic mass is 16.5. The zero-order chi connectivity index (χ0) is 26.1. The Morgan fingerprint density at radius 1 is 1.13 bits per heavy atom. The molecule has 2 aliphatic heterocycles. The van der Waals surface area contributed by atoms with Crippen LogP contribution in [0.5, 0.6) is 0 Å². The van der Waals surface area contributed by atoms with Crippen LogP contribution in [-0.4, -0.2) is 64.6 Å². The van der Waals surface area contributed by atoms with Gasteiger partial charge in [0.2, 0.25) is 5.95 Å². The van der Waals surface area contributed by atoms with E-state index in [0.29, 0.717) is 50.1 Å². The number of aryl methyl sites for hydroxylation is 2. The van der Waals surface area contributed by atoms with Crippen molar-refractivity contribution in [3.8, 4) is 22.4 Å². The molecule has 0 bridgehead atoms. The van der Waals surface area contributed by atoms with E-state index in [1.54, 1.807) is 10.8 Å². The fourth-order valence-corrected chi connectivity index (χ4v) is 5.05. The number of benzene rings is 1. The van der Waals surface area contributed by atoms with Crippen molar-refractivity contribution in [1.29, 1.82) is 0 Å². The first-order valence-corrected chi connectivity index (χ1v) is 13.2. The van der Waals surface area contributed by atoms with Gasteiger partial charge in [0, 0.05) is 41.5 Å². The van der Waals surface area contributed by atoms with Gasteiger partial charge in [-0.15, -0.1) is 0 Å². The first-order chi connectivity index (χ1) is 18.6. The first kappa shape index (κ1) is 24.7. The summed E-state index contributed by atoms with van der Waals surface area (Å²) in [4.78, 5) is 28.1. The molecule has 9 nitrogen and oxygen atoms in total. The summed E-state index contributed by atoms with van der Waals surface area (Å²) in [5.74, 6) is 0.499. The molecule has 0 saturated carbocycles. The normalized spacial score (nSPS) is 17.9. The molecule has 196 valence electrons. The van der Waals surface area contributed by atoms with Crippen molar-refractivity contribution >= 4 is 17.0 Å². The third kappa shape index (κ3) is 4.92. The van der Waals surface area contributed by atoms with Crippen LogP contribution in [0.2, 0.25) is 0 Å². The number of nitrogens with zero attached hydrogens (tertiary/aromatic N) is 4. The minimum atomic E-state index is -0.119. The molecule has 2 saturated heterocycles. The van der Waals surface area contributed by atoms with Crippen LogP contribution in [0.4, 0.5) is 5.95 Å². The highest BCUT2D eigenvalue weighted by Crippen LogP contribution is 2.29. The van der Waals surface area contributed by atoms with E-state index >= 15 is 0 Å². The average molecular weight is 513 g/mol. The van der Waals surface area contributed by atoms with Gasteiger partial charge < -0.3 is 20.1 Å². The molecule has 9 heteroatoms. The summed E-state index contributed by atoms with van der Waals surface area (Å²) in [6.45, 7) is 7.88. The largest absolute Gasteiger partial charge is 0.377 e. The molecule has 2 N–H and O–H groups in total. The fourth-order valence-electron chi connectivity index (χ4n) is 5.05. The molecule has 2 fully saturated rings. The van der Waals surface area contributed by atoms with Gasteiger partial charge in [0.05, 0.1) is 44.2 Å². The molecular formula is C29H32N6O3. The summed E-state index contributed by atoms with van der Waals surface area (Å²) in [6, 6.07) is 14.4. The van der Waals surface area contributed by atoms with Gasteiger partial charge in [-0.05, 0) is 48.7 Å². The van der Waals surface area contributed by atoms with Gasteiger partial charge in [-0.2, -0.15) is 4.98 Å². The van der Waals surface area contributed by atoms with Gasteiger partial charge in [0.25, 0.3) is 5.56 Å². The van der Waals surface area contributed by atoms with Crippen LogP contribution in [0.15, 0.2) is 53.5 Å². The first-order valence-electron chi connectivity index (χ1n) is 13.2. The lowest BCUT2D eigenvalue weighted by Gasteiger charge is -2.27. The number of nitrogens with one attached hydrogen (secondary N) is 2. The van der Waals surface area contributed by atoms with E-state index in [1.807, 2.05) is 43.3 Å². The van der Waals surface area contributed by atoms with Crippen molar-refractivity contribution in [3.05, 3.63) is 70.3 Å². The molecule has 0 radical (unpaired) electrons. The van der Waals surface area contributed by atoms with E-state index in [9.17, 15) is 4.79 Å². The number of ether oxygens (including phenoxy) is 2. The predicted molar refractivity (Wildman–Crippen MR) is 147 cm³/mol. The van der Waals surface area contributed by atoms with Crippen LogP contribution in [0, 0.1) is 6.92 Å². The molecule has 6 rings (SSSR count). The Bertz CT molecular complexity index is 1530. The summed E-state index contributed by atoms with van der Waals surface area (Å²) < 4.78 is 13.0. The Balaban J connectivity index is 1.46. The number of anilines is 1. The molecule has 0 aliphatic carbocycles. The molecule has 0 spiro atoms. The van der Waals surface area contributed by atoms with Crippen molar-refractivity contribution in [2.24, 2.45) is 0 Å². The molecule has 0 amide bonds. The van der Waals surface area contributed by atoms with Crippen LogP contribution < -0.4 is 16.2 Å². The van der Waals surface area contributed by atoms with Gasteiger partial charge in [-0.1, -0.05) is 25.1 Å². The van der Waals surface area contributed by atoms with Crippen LogP contribution in [0.3, 0.4) is 0 Å². The number of pyridine rings is 2. The maximum atomic E-state index is 14.1. The van der Waals surface area contributed by atoms with Gasteiger partial charge >= 0.3 is 0 Å². The summed E-state index contributed by atoms with van der Waals surface area (Å²) in [6.07, 6.45) is 2.46. The zero-order valence-electron chi connectivity index (χ0n) is 21.7. The molecule has 3 aromatic heterocycles. The van der Waals surface area contributed by atoms with Gasteiger partial charge in [0.15, 0.2) is 0 Å². The SMILES string of the molecule is CCc1cc(-c2cccc(C)n2)ccc1-c1cc2cnc(NC3COC3)nc2n(CC2CNCCO2)c1=O. The monoisotopic (exact) mass is 512 g/mol. The number of rotatable bonds is 7. The standard InChI is InChI=1S/C29H32N6O3/c1-3-19-11-20(26-6-4-5-18(2)32-26)7-8-24(19)25-12-21-13-31-29(33-22-16-37-17-22)34-27(21)35(28(25)36)15-23-14-30-9-10-38-23/h4-8,11-13,22-23,30H,3,9-10,14-17H2,1-2H3,(H,31,33,34). The van der Waals surface area contributed by atoms with Crippen LogP contribution >= 0.6 is 0 Å². The molecule has 1 unspecified atom stereocenters. The second-order valence-electron chi connectivity index (χ2n) is 9.91. The highest BCUT2D eigenvalue weighted by molar-refractivity contribution is 5.83. The molecule has 1 atom stereocenters. The Morgan fingerprint density at radius 2 is 2.03 bits per heavy atom. The molecular weight excluding hydrogens is 480 g/mol. The third-order valence-corrected chi connectivity index (χ3v) is 7.15. The van der Waals surface area contributed by atoms with Crippen molar-refractivity contribution < 1.29 is 9.47 Å². The van der Waals surface area contributed by atoms with Crippen molar-refractivity contribution in [3.63, 3.8) is 0 Å². The lowest BCUT2D eigenvalue weighted by Crippen LogP contribution is -2.42. The van der Waals surface area contributed by atoms with E-state index in [1.165, 1.54) is 0 Å². The minimum absolute atomic E-state index is 0.0839. The number of hydrogen-bond donors (Lipinski definition) is 2. The maximum absolute atomic E-state index is 14.1. The van der Waals surface area contributed by atoms with Gasteiger partial charge in [-0.3, -0.25) is 14.3 Å². The van der Waals surface area contributed by atoms with Gasteiger partial charge in [0.1, 0.15) is 5.65 Å². The van der Waals surface area contributed by atoms with Crippen molar-refractivity contribution in [1.82, 2.24) is 24.8 Å². The van der Waals surface area contributed by atoms with Crippen LogP contribution in [-0.2, 0) is 22.4 Å². The van der Waals surface area contributed by atoms with E-state index < -0.39 is 0 Å². The highest BCUT2D eigenvalue weighted by Gasteiger charge is 2.22. The number of hydrogen-bond acceptors (Lipinski definition) is 8. The minimum Gasteiger partial charge on any atom is -0.377 e. The smallest absolute Gasteiger partial charge is 0.260 e. The van der Waals surface area contributed by atoms with Crippen molar-refractivity contribution in [2.75, 3.05) is 38.2 Å². The zero-order valence-corrected chi connectivity index (χ0v) is 21.7. The average Bonchev–Trinajstić information content (AvgIpc) is 2.92. The Morgan fingerprint density at radius 3 is 2.76 bits per heavy atom. The number of fused-ring (bicyclic) bond motifs is 1. The lowest BCUT2D eigenvalue weighted by atomic mass is 9.95. The molecule has 4 aromatic rings. The summed E-state index contributed by atoms with van der Waals surface area (Å²) in [7, 11) is 0. The van der Waals surface area contributed by atoms with E-state index in [2.05, 4.69) is 33.6 Å². The molecule has 5 heterocycles. The molecule has 2 aliphatic rings. The fraction of sp³-hybridized carbons (Fsp3) is 0.379. The summed E-state index contributed by atoms with van der Waals surface area (Å²) in [5.41, 5.74) is 6.10. The number of morpholine rings is 1. The van der Waals surface area contributed by atoms with Crippen LogP contribution in [0.1, 0.15) is 18.2 Å². The molecule has 38 heavy (non-hydrogen) atoms. The molecule has 1 aromatic carbocycles. The summed E-state index contributed by atoms with van der Waals surface area (Å²) >= 11 is 0. The number of aromatic nitrogens is 4. The second kappa shape index (κ2) is 10.6. The van der Waals surface area contributed by atoms with E-state index in [4.69, 9.17) is 14.5 Å². The van der Waals surface area contributed by atoms with Crippen molar-refractivity contribution in [2.45, 2.75) is 39.0 Å². The maximum Gasteiger partial charge on any atom is 0.260 e. The Hall–Kier alpha value is -3.66. The van der Waals surface area contributed by atoms with E-state index in [-0.39, 0.29) is 17.7 Å². The lowest BCUT2D eigenvalue weighted by molar-refractivity contribution is 0.0183. The summed E-state index contributed by atoms with van der Waals surface area (Å²) in [5, 5.41) is 7.47. The predicted octanol–water partition coefficient (Wildman–Crippen LogP) is 3.19. The topological polar surface area (TPSA) is 103 Å². The third-order valence-electron chi connectivity index (χ3n) is 7.15. The quantitative estimate of drug-likeness (QED) is 0.389. The second-order valence-corrected chi connectivity index (χ2v) is 9.91. The van der Waals surface area contributed by atoms with Crippen LogP contribution in [0.25, 0.3) is 33.4 Å².